The minimum atomic E-state index is 0.0697. The highest BCUT2D eigenvalue weighted by Gasteiger charge is 2.28. The lowest BCUT2D eigenvalue weighted by Crippen LogP contribution is -2.43. The molecule has 0 atom stereocenters. The summed E-state index contributed by atoms with van der Waals surface area (Å²) < 4.78 is 0. The summed E-state index contributed by atoms with van der Waals surface area (Å²) in [5, 5.41) is 0. The number of hydrogen-bond acceptors (Lipinski definition) is 5. The van der Waals surface area contributed by atoms with E-state index in [4.69, 9.17) is 4.98 Å². The van der Waals surface area contributed by atoms with Crippen LogP contribution in [0.2, 0.25) is 0 Å². The largest absolute Gasteiger partial charge is 0.356 e. The molecule has 0 bridgehead atoms. The Morgan fingerprint density at radius 3 is 2.53 bits per heavy atom. The average Bonchev–Trinajstić information content (AvgIpc) is 2.79. The monoisotopic (exact) mass is 407 g/mol. The molecule has 1 aromatic carbocycles. The second-order valence-corrected chi connectivity index (χ2v) is 8.80. The fraction of sp³-hybridized carbons (Fsp3) is 0.542. The van der Waals surface area contributed by atoms with Gasteiger partial charge in [0.2, 0.25) is 0 Å². The molecular weight excluding hydrogens is 374 g/mol. The van der Waals surface area contributed by atoms with Gasteiger partial charge in [-0.25, -0.2) is 9.97 Å². The molecule has 2 fully saturated rings. The number of carbonyl (C=O) groups excluding carboxylic acids is 1. The highest BCUT2D eigenvalue weighted by Crippen LogP contribution is 2.28. The quantitative estimate of drug-likeness (QED) is 0.775. The lowest BCUT2D eigenvalue weighted by Gasteiger charge is -2.37. The number of aryl methyl sites for hydroxylation is 1. The van der Waals surface area contributed by atoms with E-state index in [2.05, 4.69) is 47.9 Å². The van der Waals surface area contributed by atoms with E-state index in [1.54, 1.807) is 6.20 Å². The first-order chi connectivity index (χ1) is 14.5. The predicted octanol–water partition coefficient (Wildman–Crippen LogP) is 3.61. The van der Waals surface area contributed by atoms with Crippen molar-refractivity contribution in [1.29, 1.82) is 0 Å². The van der Waals surface area contributed by atoms with Crippen LogP contribution in [-0.4, -0.2) is 72.0 Å². The van der Waals surface area contributed by atoms with Gasteiger partial charge in [-0.15, -0.1) is 0 Å². The van der Waals surface area contributed by atoms with Crippen molar-refractivity contribution in [1.82, 2.24) is 19.8 Å². The van der Waals surface area contributed by atoms with Crippen molar-refractivity contribution in [2.24, 2.45) is 0 Å². The Balaban J connectivity index is 1.70. The van der Waals surface area contributed by atoms with E-state index < -0.39 is 0 Å². The van der Waals surface area contributed by atoms with Crippen molar-refractivity contribution in [2.75, 3.05) is 45.2 Å². The normalized spacial score (nSPS) is 18.4. The van der Waals surface area contributed by atoms with E-state index in [0.717, 1.165) is 63.2 Å². The highest BCUT2D eigenvalue weighted by atomic mass is 16.2. The van der Waals surface area contributed by atoms with Crippen molar-refractivity contribution in [3.8, 4) is 11.4 Å². The summed E-state index contributed by atoms with van der Waals surface area (Å²) in [6.07, 6.45) is 7.27. The van der Waals surface area contributed by atoms with Crippen LogP contribution in [-0.2, 0) is 0 Å². The third-order valence-electron chi connectivity index (χ3n) is 6.49. The zero-order chi connectivity index (χ0) is 21.1. The van der Waals surface area contributed by atoms with Crippen LogP contribution in [0, 0.1) is 6.92 Å². The maximum absolute atomic E-state index is 13.4. The molecule has 0 aliphatic carbocycles. The molecule has 0 radical (unpaired) electrons. The molecule has 0 N–H and O–H groups in total. The van der Waals surface area contributed by atoms with Gasteiger partial charge in [-0.2, -0.15) is 0 Å². The van der Waals surface area contributed by atoms with E-state index in [1.807, 2.05) is 17.0 Å². The number of nitrogens with zero attached hydrogens (tertiary/aromatic N) is 5. The Labute approximate surface area is 179 Å². The van der Waals surface area contributed by atoms with Gasteiger partial charge >= 0.3 is 0 Å². The van der Waals surface area contributed by atoms with Crippen molar-refractivity contribution >= 4 is 11.7 Å². The lowest BCUT2D eigenvalue weighted by atomic mass is 10.0. The summed E-state index contributed by atoms with van der Waals surface area (Å²) in [6.45, 7) is 5.87. The smallest absolute Gasteiger partial charge is 0.259 e. The lowest BCUT2D eigenvalue weighted by molar-refractivity contribution is 0.0724. The van der Waals surface area contributed by atoms with Gasteiger partial charge in [0.1, 0.15) is 11.4 Å². The number of rotatable bonds is 4. The number of anilines is 1. The van der Waals surface area contributed by atoms with Gasteiger partial charge in [0.15, 0.2) is 5.82 Å². The van der Waals surface area contributed by atoms with Gasteiger partial charge in [-0.1, -0.05) is 23.8 Å². The van der Waals surface area contributed by atoms with Gasteiger partial charge in [-0.05, 0) is 65.2 Å². The molecule has 2 aliphatic heterocycles. The molecule has 6 heteroatoms. The van der Waals surface area contributed by atoms with Crippen LogP contribution in [0.25, 0.3) is 11.4 Å². The van der Waals surface area contributed by atoms with Gasteiger partial charge in [-0.3, -0.25) is 4.79 Å². The molecule has 0 unspecified atom stereocenters. The van der Waals surface area contributed by atoms with E-state index in [-0.39, 0.29) is 5.91 Å². The fourth-order valence-corrected chi connectivity index (χ4v) is 4.54. The molecule has 2 aromatic rings. The number of likely N-dealkylation sites (tertiary alicyclic amines) is 2. The first-order valence-corrected chi connectivity index (χ1v) is 11.2. The Morgan fingerprint density at radius 2 is 1.83 bits per heavy atom. The Morgan fingerprint density at radius 1 is 1.10 bits per heavy atom. The summed E-state index contributed by atoms with van der Waals surface area (Å²) >= 11 is 0. The summed E-state index contributed by atoms with van der Waals surface area (Å²) in [5.41, 5.74) is 2.80. The molecule has 30 heavy (non-hydrogen) atoms. The van der Waals surface area contributed by atoms with Gasteiger partial charge in [0.25, 0.3) is 5.91 Å². The highest BCUT2D eigenvalue weighted by molar-refractivity contribution is 5.99. The van der Waals surface area contributed by atoms with Crippen molar-refractivity contribution in [3.05, 3.63) is 41.6 Å². The van der Waals surface area contributed by atoms with E-state index in [1.165, 1.54) is 12.0 Å². The molecule has 6 nitrogen and oxygen atoms in total. The fourth-order valence-electron chi connectivity index (χ4n) is 4.54. The molecule has 1 amide bonds. The number of carbonyl (C=O) groups is 1. The zero-order valence-corrected chi connectivity index (χ0v) is 18.5. The Bertz CT molecular complexity index is 885. The van der Waals surface area contributed by atoms with Crippen LogP contribution in [0.1, 0.15) is 48.0 Å². The van der Waals surface area contributed by atoms with Crippen molar-refractivity contribution in [2.45, 2.75) is 45.1 Å². The minimum absolute atomic E-state index is 0.0697. The third kappa shape index (κ3) is 4.48. The van der Waals surface area contributed by atoms with Gasteiger partial charge < -0.3 is 14.7 Å². The number of amides is 1. The number of hydrogen-bond donors (Lipinski definition) is 0. The van der Waals surface area contributed by atoms with Crippen LogP contribution in [0.3, 0.4) is 0 Å². The summed E-state index contributed by atoms with van der Waals surface area (Å²) in [5.74, 6) is 1.52. The zero-order valence-electron chi connectivity index (χ0n) is 18.5. The Kier molecular flexibility index (Phi) is 6.32. The van der Waals surface area contributed by atoms with Crippen molar-refractivity contribution < 1.29 is 4.79 Å². The molecule has 4 rings (SSSR count). The maximum atomic E-state index is 13.4. The first-order valence-electron chi connectivity index (χ1n) is 11.2. The van der Waals surface area contributed by atoms with E-state index in [0.29, 0.717) is 17.4 Å². The standard InChI is InChI=1S/C24H33N5O/c1-18-8-7-9-19(16-18)22-25-17-21(24(30)29-12-5-4-6-13-29)23(26-22)28(3)20-10-14-27(2)15-11-20/h7-9,16-17,20H,4-6,10-15H2,1-3H3. The molecular formula is C24H33N5O. The minimum Gasteiger partial charge on any atom is -0.356 e. The third-order valence-corrected chi connectivity index (χ3v) is 6.49. The molecule has 1 aromatic heterocycles. The summed E-state index contributed by atoms with van der Waals surface area (Å²) in [7, 11) is 4.26. The topological polar surface area (TPSA) is 52.6 Å². The molecule has 0 saturated carbocycles. The summed E-state index contributed by atoms with van der Waals surface area (Å²) in [4.78, 5) is 29.5. The van der Waals surface area contributed by atoms with Crippen molar-refractivity contribution in [3.63, 3.8) is 0 Å². The second-order valence-electron chi connectivity index (χ2n) is 8.80. The molecule has 2 saturated heterocycles. The number of benzene rings is 1. The maximum Gasteiger partial charge on any atom is 0.259 e. The van der Waals surface area contributed by atoms with Crippen LogP contribution in [0.5, 0.6) is 0 Å². The second kappa shape index (κ2) is 9.13. The van der Waals surface area contributed by atoms with Crippen LogP contribution in [0.4, 0.5) is 5.82 Å². The average molecular weight is 408 g/mol. The van der Waals surface area contributed by atoms with Gasteiger partial charge in [0, 0.05) is 37.9 Å². The number of aromatic nitrogens is 2. The van der Waals surface area contributed by atoms with Crippen LogP contribution >= 0.6 is 0 Å². The number of piperidine rings is 2. The summed E-state index contributed by atoms with van der Waals surface area (Å²) in [6, 6.07) is 8.62. The molecule has 160 valence electrons. The van der Waals surface area contributed by atoms with Crippen LogP contribution < -0.4 is 4.90 Å². The molecule has 0 spiro atoms. The Hall–Kier alpha value is -2.47. The van der Waals surface area contributed by atoms with E-state index >= 15 is 0 Å². The molecule has 2 aliphatic rings. The SMILES string of the molecule is Cc1cccc(-c2ncc(C(=O)N3CCCCC3)c(N(C)C3CCN(C)CC3)n2)c1. The molecule has 3 heterocycles. The van der Waals surface area contributed by atoms with E-state index in [9.17, 15) is 4.79 Å². The van der Waals surface area contributed by atoms with Gasteiger partial charge in [0.05, 0.1) is 0 Å². The van der Waals surface area contributed by atoms with Crippen LogP contribution in [0.15, 0.2) is 30.5 Å². The predicted molar refractivity (Wildman–Crippen MR) is 121 cm³/mol. The first kappa shape index (κ1) is 20.8.